The largest absolute Gasteiger partial charge is 0.386 e. The lowest BCUT2D eigenvalue weighted by Crippen LogP contribution is -2.39. The Hall–Kier alpha value is -1.88. The third-order valence-corrected chi connectivity index (χ3v) is 5.76. The maximum atomic E-state index is 11.8. The minimum Gasteiger partial charge on any atom is -0.386 e. The van der Waals surface area contributed by atoms with Crippen LogP contribution < -0.4 is 16.2 Å². The first-order valence-corrected chi connectivity index (χ1v) is 10.9. The van der Waals surface area contributed by atoms with Gasteiger partial charge in [-0.15, -0.1) is 35.3 Å². The van der Waals surface area contributed by atoms with Gasteiger partial charge in [-0.3, -0.25) is 4.79 Å². The fraction of sp³-hybridized carbons (Fsp3) is 0.273. The van der Waals surface area contributed by atoms with Crippen LogP contribution in [0.2, 0.25) is 4.34 Å². The fourth-order valence-corrected chi connectivity index (χ4v) is 3.90. The quantitative estimate of drug-likeness (QED) is 0.217. The van der Waals surface area contributed by atoms with E-state index >= 15 is 0 Å². The number of hydrogen-bond acceptors (Lipinski definition) is 4. The first-order valence-electron chi connectivity index (χ1n) is 9.74. The molecule has 0 aliphatic carbocycles. The fourth-order valence-electron chi connectivity index (χ4n) is 2.85. The van der Waals surface area contributed by atoms with Crippen molar-refractivity contribution in [3.8, 4) is 0 Å². The van der Waals surface area contributed by atoms with Gasteiger partial charge in [-0.2, -0.15) is 0 Å². The molecule has 9 heteroatoms. The third kappa shape index (κ3) is 7.95. The molecule has 0 radical (unpaired) electrons. The molecule has 1 atom stereocenters. The van der Waals surface area contributed by atoms with E-state index in [0.29, 0.717) is 29.9 Å². The highest BCUT2D eigenvalue weighted by molar-refractivity contribution is 14.0. The number of aromatic nitrogens is 1. The molecule has 1 unspecified atom stereocenters. The van der Waals surface area contributed by atoms with Gasteiger partial charge in [-0.25, -0.2) is 4.99 Å². The van der Waals surface area contributed by atoms with Gasteiger partial charge >= 0.3 is 0 Å². The highest BCUT2D eigenvalue weighted by Crippen LogP contribution is 2.26. The van der Waals surface area contributed by atoms with Crippen LogP contribution in [0.25, 0.3) is 0 Å². The maximum Gasteiger partial charge on any atom is 0.250 e. The lowest BCUT2D eigenvalue weighted by Gasteiger charge is -2.14. The molecule has 1 aromatic carbocycles. The minimum atomic E-state index is -0.646. The van der Waals surface area contributed by atoms with Crippen molar-refractivity contribution in [2.24, 2.45) is 4.99 Å². The van der Waals surface area contributed by atoms with Crippen molar-refractivity contribution < 1.29 is 5.11 Å². The molecule has 0 aliphatic rings. The molecule has 0 aliphatic heterocycles. The van der Waals surface area contributed by atoms with Crippen LogP contribution in [0, 0.1) is 0 Å². The highest BCUT2D eigenvalue weighted by Gasteiger charge is 2.11. The second kappa shape index (κ2) is 12.8. The number of benzene rings is 1. The third-order valence-electron chi connectivity index (χ3n) is 4.42. The van der Waals surface area contributed by atoms with Gasteiger partial charge in [0.05, 0.1) is 17.4 Å². The van der Waals surface area contributed by atoms with Crippen LogP contribution in [0.3, 0.4) is 0 Å². The Bertz CT molecular complexity index is 1040. The summed E-state index contributed by atoms with van der Waals surface area (Å²) in [4.78, 5) is 17.2. The smallest absolute Gasteiger partial charge is 0.250 e. The summed E-state index contributed by atoms with van der Waals surface area (Å²) in [7, 11) is 0. The van der Waals surface area contributed by atoms with Gasteiger partial charge in [0.2, 0.25) is 0 Å². The Morgan fingerprint density at radius 1 is 1.13 bits per heavy atom. The summed E-state index contributed by atoms with van der Waals surface area (Å²) in [6, 6.07) is 16.8. The summed E-state index contributed by atoms with van der Waals surface area (Å²) in [6.45, 7) is 4.10. The Labute approximate surface area is 208 Å². The highest BCUT2D eigenvalue weighted by atomic mass is 127. The van der Waals surface area contributed by atoms with Crippen molar-refractivity contribution in [3.05, 3.63) is 91.5 Å². The molecule has 2 aromatic heterocycles. The van der Waals surface area contributed by atoms with Crippen LogP contribution in [-0.2, 0) is 13.1 Å². The Kier molecular flexibility index (Phi) is 10.5. The molecule has 0 bridgehead atoms. The van der Waals surface area contributed by atoms with E-state index in [0.717, 1.165) is 22.5 Å². The number of aliphatic hydroxyl groups excluding tert-OH is 1. The number of nitrogens with one attached hydrogen (secondary N) is 2. The Balaban J connectivity index is 0.00000341. The second-order valence-electron chi connectivity index (χ2n) is 6.72. The average molecular weight is 573 g/mol. The number of aliphatic hydroxyl groups is 1. The standard InChI is InChI=1S/C22H25ClN4O2S.HI/c1-2-24-22(26-14-18(28)19-10-11-20(23)30-19)25-13-16-6-8-17(9-7-16)15-27-12-4-3-5-21(27)29;/h3-12,18,28H,2,13-15H2,1H3,(H2,24,25,26);1H. The number of nitrogens with zero attached hydrogens (tertiary/aromatic N) is 2. The predicted molar refractivity (Wildman–Crippen MR) is 139 cm³/mol. The van der Waals surface area contributed by atoms with E-state index in [2.05, 4.69) is 15.6 Å². The number of hydrogen-bond donors (Lipinski definition) is 3. The number of guanidine groups is 1. The van der Waals surface area contributed by atoms with Crippen LogP contribution in [0.4, 0.5) is 0 Å². The molecule has 3 rings (SSSR count). The molecule has 166 valence electrons. The normalized spacial score (nSPS) is 12.2. The van der Waals surface area contributed by atoms with E-state index in [9.17, 15) is 9.90 Å². The van der Waals surface area contributed by atoms with Gasteiger partial charge in [-0.1, -0.05) is 41.9 Å². The molecule has 0 spiro atoms. The Morgan fingerprint density at radius 3 is 2.52 bits per heavy atom. The molecule has 0 amide bonds. The van der Waals surface area contributed by atoms with Crippen LogP contribution in [-0.4, -0.2) is 28.7 Å². The summed E-state index contributed by atoms with van der Waals surface area (Å²) in [5.41, 5.74) is 2.10. The van der Waals surface area contributed by atoms with Crippen molar-refractivity contribution in [1.82, 2.24) is 15.2 Å². The molecule has 6 nitrogen and oxygen atoms in total. The van der Waals surface area contributed by atoms with Gasteiger partial charge in [0, 0.05) is 30.2 Å². The minimum absolute atomic E-state index is 0. The van der Waals surface area contributed by atoms with Gasteiger partial charge in [-0.05, 0) is 36.2 Å². The lowest BCUT2D eigenvalue weighted by molar-refractivity contribution is 0.184. The second-order valence-corrected chi connectivity index (χ2v) is 8.46. The van der Waals surface area contributed by atoms with Gasteiger partial charge in [0.25, 0.3) is 5.56 Å². The number of halogens is 2. The topological polar surface area (TPSA) is 78.7 Å². The van der Waals surface area contributed by atoms with Crippen molar-refractivity contribution in [1.29, 1.82) is 0 Å². The summed E-state index contributed by atoms with van der Waals surface area (Å²) < 4.78 is 2.33. The summed E-state index contributed by atoms with van der Waals surface area (Å²) in [5.74, 6) is 0.638. The zero-order chi connectivity index (χ0) is 21.3. The first-order chi connectivity index (χ1) is 14.5. The van der Waals surface area contributed by atoms with Crippen molar-refractivity contribution in [3.63, 3.8) is 0 Å². The van der Waals surface area contributed by atoms with E-state index in [1.165, 1.54) is 11.3 Å². The van der Waals surface area contributed by atoms with Gasteiger partial charge < -0.3 is 20.3 Å². The van der Waals surface area contributed by atoms with E-state index in [1.54, 1.807) is 29.0 Å². The SMILES string of the molecule is CCNC(=NCc1ccc(Cn2ccccc2=O)cc1)NCC(O)c1ccc(Cl)s1.I. The number of aliphatic imine (C=N–C) groups is 1. The molecular formula is C22H26ClIN4O2S. The molecule has 2 heterocycles. The number of pyridine rings is 1. The summed E-state index contributed by atoms with van der Waals surface area (Å²) >= 11 is 7.30. The molecule has 0 fully saturated rings. The molecule has 3 N–H and O–H groups in total. The molecule has 31 heavy (non-hydrogen) atoms. The monoisotopic (exact) mass is 572 g/mol. The zero-order valence-corrected chi connectivity index (χ0v) is 21.0. The zero-order valence-electron chi connectivity index (χ0n) is 17.1. The summed E-state index contributed by atoms with van der Waals surface area (Å²) in [6.07, 6.45) is 1.14. The Morgan fingerprint density at radius 2 is 1.87 bits per heavy atom. The maximum absolute atomic E-state index is 11.8. The van der Waals surface area contributed by atoms with Crippen molar-refractivity contribution in [2.75, 3.05) is 13.1 Å². The van der Waals surface area contributed by atoms with E-state index < -0.39 is 6.10 Å². The van der Waals surface area contributed by atoms with Crippen molar-refractivity contribution >= 4 is 52.9 Å². The van der Waals surface area contributed by atoms with Crippen LogP contribution in [0.1, 0.15) is 29.0 Å². The van der Waals surface area contributed by atoms with Crippen LogP contribution in [0.5, 0.6) is 0 Å². The molecular weight excluding hydrogens is 547 g/mol. The lowest BCUT2D eigenvalue weighted by atomic mass is 10.1. The predicted octanol–water partition coefficient (Wildman–Crippen LogP) is 4.02. The van der Waals surface area contributed by atoms with Crippen LogP contribution >= 0.6 is 46.9 Å². The average Bonchev–Trinajstić information content (AvgIpc) is 3.19. The number of thiophene rings is 1. The van der Waals surface area contributed by atoms with Crippen molar-refractivity contribution in [2.45, 2.75) is 26.1 Å². The number of rotatable bonds is 8. The van der Waals surface area contributed by atoms with E-state index in [4.69, 9.17) is 11.6 Å². The first kappa shape index (κ1) is 25.4. The molecule has 0 saturated heterocycles. The van der Waals surface area contributed by atoms with Gasteiger partial charge in [0.15, 0.2) is 5.96 Å². The molecule has 3 aromatic rings. The molecule has 0 saturated carbocycles. The van der Waals surface area contributed by atoms with Gasteiger partial charge in [0.1, 0.15) is 6.10 Å². The summed E-state index contributed by atoms with van der Waals surface area (Å²) in [5, 5.41) is 16.6. The van der Waals surface area contributed by atoms with E-state index in [1.807, 2.05) is 43.3 Å². The van der Waals surface area contributed by atoms with Crippen LogP contribution in [0.15, 0.2) is 70.6 Å². The van der Waals surface area contributed by atoms with E-state index in [-0.39, 0.29) is 29.5 Å².